The first-order valence-corrected chi connectivity index (χ1v) is 14.5. The maximum absolute atomic E-state index is 14.7. The van der Waals surface area contributed by atoms with E-state index in [0.29, 0.717) is 54.1 Å². The predicted molar refractivity (Wildman–Crippen MR) is 156 cm³/mol. The Morgan fingerprint density at radius 1 is 0.902 bits per heavy atom. The van der Waals surface area contributed by atoms with Crippen LogP contribution in [0.25, 0.3) is 6.08 Å². The van der Waals surface area contributed by atoms with Gasteiger partial charge >= 0.3 is 18.0 Å². The molecule has 1 saturated carbocycles. The number of benzene rings is 2. The van der Waals surface area contributed by atoms with Crippen LogP contribution in [0.5, 0.6) is 5.75 Å². The number of esters is 2. The van der Waals surface area contributed by atoms with Crippen LogP contribution in [0.2, 0.25) is 0 Å². The quantitative estimate of drug-likeness (QED) is 0.0989. The van der Waals surface area contributed by atoms with Gasteiger partial charge in [-0.1, -0.05) is 31.9 Å². The average molecular weight is 573 g/mol. The molecule has 2 aromatic carbocycles. The van der Waals surface area contributed by atoms with Gasteiger partial charge in [0.15, 0.2) is 0 Å². The Balaban J connectivity index is 1.27. The largest absolute Gasteiger partial charge is 0.463 e. The van der Waals surface area contributed by atoms with Crippen LogP contribution in [-0.4, -0.2) is 31.3 Å². The molecule has 1 aliphatic rings. The molecule has 0 saturated heterocycles. The lowest BCUT2D eigenvalue weighted by atomic mass is 9.79. The standard InChI is InChI=1S/C32H42F2N2O5/c1-2-7-23-8-13-26(14-9-23)32(33,34)41-29-15-10-24(11-16-29)12-17-30(37)39-18-5-3-4-6-19-40-31(38)25-20-27(35)22-28(36)21-25/h10-12,15-17,20-23,26H,2-9,13-14,18-19,35-36H2,1H3. The first-order valence-electron chi connectivity index (χ1n) is 14.5. The van der Waals surface area contributed by atoms with E-state index in [1.54, 1.807) is 24.3 Å². The fourth-order valence-corrected chi connectivity index (χ4v) is 5.07. The average Bonchev–Trinajstić information content (AvgIpc) is 2.93. The highest BCUT2D eigenvalue weighted by molar-refractivity contribution is 5.91. The zero-order chi connectivity index (χ0) is 29.7. The van der Waals surface area contributed by atoms with Crippen LogP contribution in [0.1, 0.15) is 87.1 Å². The van der Waals surface area contributed by atoms with E-state index in [9.17, 15) is 18.4 Å². The highest BCUT2D eigenvalue weighted by Gasteiger charge is 2.43. The minimum absolute atomic E-state index is 0.106. The number of alkyl halides is 2. The zero-order valence-electron chi connectivity index (χ0n) is 23.8. The summed E-state index contributed by atoms with van der Waals surface area (Å²) in [4.78, 5) is 24.0. The van der Waals surface area contributed by atoms with Crippen molar-refractivity contribution in [1.29, 1.82) is 0 Å². The monoisotopic (exact) mass is 572 g/mol. The van der Waals surface area contributed by atoms with Gasteiger partial charge in [0.25, 0.3) is 0 Å². The topological polar surface area (TPSA) is 114 Å². The van der Waals surface area contributed by atoms with E-state index in [1.807, 2.05) is 0 Å². The van der Waals surface area contributed by atoms with Gasteiger partial charge in [-0.3, -0.25) is 0 Å². The summed E-state index contributed by atoms with van der Waals surface area (Å²) in [6.07, 6.45) is 7.49. The molecule has 3 rings (SSSR count). The van der Waals surface area contributed by atoms with E-state index >= 15 is 0 Å². The second-order valence-corrected chi connectivity index (χ2v) is 10.7. The van der Waals surface area contributed by atoms with E-state index in [4.69, 9.17) is 25.7 Å². The lowest BCUT2D eigenvalue weighted by Gasteiger charge is -2.33. The number of unbranched alkanes of at least 4 members (excludes halogenated alkanes) is 3. The molecule has 0 aromatic heterocycles. The van der Waals surface area contributed by atoms with Gasteiger partial charge in [0.2, 0.25) is 0 Å². The van der Waals surface area contributed by atoms with Crippen molar-refractivity contribution >= 4 is 29.4 Å². The Labute approximate surface area is 241 Å². The van der Waals surface area contributed by atoms with Gasteiger partial charge < -0.3 is 25.7 Å². The van der Waals surface area contributed by atoms with Gasteiger partial charge in [-0.15, -0.1) is 0 Å². The van der Waals surface area contributed by atoms with Crippen molar-refractivity contribution in [2.75, 3.05) is 24.7 Å². The lowest BCUT2D eigenvalue weighted by molar-refractivity contribution is -0.223. The molecule has 7 nitrogen and oxygen atoms in total. The summed E-state index contributed by atoms with van der Waals surface area (Å²) in [5, 5.41) is 0. The SMILES string of the molecule is CCCC1CCC(C(F)(F)Oc2ccc(C=CC(=O)OCCCCCCOC(=O)c3cc(N)cc(N)c3)cc2)CC1. The highest BCUT2D eigenvalue weighted by atomic mass is 19.3. The molecule has 0 bridgehead atoms. The number of rotatable bonds is 15. The molecule has 1 fully saturated rings. The minimum Gasteiger partial charge on any atom is -0.463 e. The van der Waals surface area contributed by atoms with E-state index in [2.05, 4.69) is 6.92 Å². The summed E-state index contributed by atoms with van der Waals surface area (Å²) in [5.41, 5.74) is 13.2. The van der Waals surface area contributed by atoms with Gasteiger partial charge in [-0.25, -0.2) is 9.59 Å². The Kier molecular flexibility index (Phi) is 12.4. The molecule has 0 aliphatic heterocycles. The number of nitrogen functional groups attached to an aromatic ring is 2. The number of nitrogens with two attached hydrogens (primary N) is 2. The number of halogens is 2. The van der Waals surface area contributed by atoms with Crippen LogP contribution >= 0.6 is 0 Å². The number of hydrogen-bond acceptors (Lipinski definition) is 7. The predicted octanol–water partition coefficient (Wildman–Crippen LogP) is 7.40. The Morgan fingerprint density at radius 2 is 1.51 bits per heavy atom. The fraction of sp³-hybridized carbons (Fsp3) is 0.500. The number of hydrogen-bond donors (Lipinski definition) is 2. The number of ether oxygens (including phenoxy) is 3. The van der Waals surface area contributed by atoms with E-state index < -0.39 is 24.0 Å². The van der Waals surface area contributed by atoms with Crippen molar-refractivity contribution in [1.82, 2.24) is 0 Å². The molecule has 0 heterocycles. The lowest BCUT2D eigenvalue weighted by Crippen LogP contribution is -2.37. The molecule has 41 heavy (non-hydrogen) atoms. The van der Waals surface area contributed by atoms with Gasteiger partial charge in [-0.05, 0) is 99.3 Å². The molecular formula is C32H42F2N2O5. The highest BCUT2D eigenvalue weighted by Crippen LogP contribution is 2.41. The normalized spacial score (nSPS) is 17.3. The maximum atomic E-state index is 14.7. The minimum atomic E-state index is -3.20. The second-order valence-electron chi connectivity index (χ2n) is 10.7. The zero-order valence-corrected chi connectivity index (χ0v) is 23.8. The van der Waals surface area contributed by atoms with Crippen LogP contribution < -0.4 is 16.2 Å². The Hall–Kier alpha value is -3.62. The molecule has 0 radical (unpaired) electrons. The van der Waals surface area contributed by atoms with Crippen molar-refractivity contribution in [3.8, 4) is 5.75 Å². The maximum Gasteiger partial charge on any atom is 0.400 e. The summed E-state index contributed by atoms with van der Waals surface area (Å²) >= 11 is 0. The van der Waals surface area contributed by atoms with Crippen molar-refractivity contribution in [2.24, 2.45) is 11.8 Å². The molecule has 224 valence electrons. The molecule has 0 spiro atoms. The van der Waals surface area contributed by atoms with Gasteiger partial charge in [-0.2, -0.15) is 8.78 Å². The third-order valence-corrected chi connectivity index (χ3v) is 7.29. The molecule has 9 heteroatoms. The molecule has 1 aliphatic carbocycles. The van der Waals surface area contributed by atoms with Gasteiger partial charge in [0.1, 0.15) is 5.75 Å². The van der Waals surface area contributed by atoms with Crippen molar-refractivity contribution in [3.05, 3.63) is 59.7 Å². The van der Waals surface area contributed by atoms with Crippen LogP contribution in [0, 0.1) is 11.8 Å². The fourth-order valence-electron chi connectivity index (χ4n) is 5.07. The summed E-state index contributed by atoms with van der Waals surface area (Å²) in [6, 6.07) is 10.8. The molecule has 0 amide bonds. The third kappa shape index (κ3) is 11.1. The smallest absolute Gasteiger partial charge is 0.400 e. The van der Waals surface area contributed by atoms with Crippen LogP contribution in [0.4, 0.5) is 20.2 Å². The van der Waals surface area contributed by atoms with Crippen LogP contribution in [0.3, 0.4) is 0 Å². The van der Waals surface area contributed by atoms with Gasteiger partial charge in [0.05, 0.1) is 24.7 Å². The third-order valence-electron chi connectivity index (χ3n) is 7.29. The summed E-state index contributed by atoms with van der Waals surface area (Å²) < 4.78 is 44.9. The summed E-state index contributed by atoms with van der Waals surface area (Å²) in [7, 11) is 0. The summed E-state index contributed by atoms with van der Waals surface area (Å²) in [5.74, 6) is -1.05. The number of anilines is 2. The molecule has 2 aromatic rings. The summed E-state index contributed by atoms with van der Waals surface area (Å²) in [6.45, 7) is 2.67. The van der Waals surface area contributed by atoms with E-state index in [-0.39, 0.29) is 19.0 Å². The van der Waals surface area contributed by atoms with E-state index in [0.717, 1.165) is 38.5 Å². The van der Waals surface area contributed by atoms with Crippen molar-refractivity contribution in [2.45, 2.75) is 77.2 Å². The number of carbonyl (C=O) groups is 2. The molecule has 0 atom stereocenters. The Morgan fingerprint density at radius 3 is 2.12 bits per heavy atom. The molecular weight excluding hydrogens is 530 g/mol. The first-order chi connectivity index (χ1) is 19.7. The van der Waals surface area contributed by atoms with Crippen molar-refractivity contribution < 1.29 is 32.6 Å². The second kappa shape index (κ2) is 16.0. The Bertz CT molecular complexity index is 1130. The first kappa shape index (κ1) is 31.9. The van der Waals surface area contributed by atoms with E-state index in [1.165, 1.54) is 30.3 Å². The molecule has 0 unspecified atom stereocenters. The van der Waals surface area contributed by atoms with Crippen LogP contribution in [-0.2, 0) is 14.3 Å². The van der Waals surface area contributed by atoms with Crippen molar-refractivity contribution in [3.63, 3.8) is 0 Å². The number of carbonyl (C=O) groups excluding carboxylic acids is 2. The molecule has 4 N–H and O–H groups in total. The van der Waals surface area contributed by atoms with Gasteiger partial charge in [0, 0.05) is 17.5 Å². The van der Waals surface area contributed by atoms with Crippen LogP contribution in [0.15, 0.2) is 48.5 Å².